The monoisotopic (exact) mass is 285 g/mol. The van der Waals surface area contributed by atoms with Crippen LogP contribution < -0.4 is 10.1 Å². The van der Waals surface area contributed by atoms with Gasteiger partial charge in [-0.2, -0.15) is 5.10 Å². The number of nitrogens with zero attached hydrogens (tertiary/aromatic N) is 2. The lowest BCUT2D eigenvalue weighted by atomic mass is 10.0. The molecule has 0 saturated carbocycles. The summed E-state index contributed by atoms with van der Waals surface area (Å²) in [5.74, 6) is 1.01. The fourth-order valence-electron chi connectivity index (χ4n) is 2.89. The SMILES string of the molecule is CCc1cc(CNC2CCOc3ccccc32)n(CC)n1. The molecule has 0 fully saturated rings. The van der Waals surface area contributed by atoms with Crippen molar-refractivity contribution in [1.29, 1.82) is 0 Å². The van der Waals surface area contributed by atoms with Gasteiger partial charge in [0.05, 0.1) is 18.0 Å². The van der Waals surface area contributed by atoms with E-state index in [9.17, 15) is 0 Å². The number of para-hydroxylation sites is 1. The molecule has 3 rings (SSSR count). The van der Waals surface area contributed by atoms with Crippen LogP contribution in [0.15, 0.2) is 30.3 Å². The van der Waals surface area contributed by atoms with Crippen molar-refractivity contribution in [2.45, 2.75) is 45.8 Å². The van der Waals surface area contributed by atoms with E-state index in [2.05, 4.69) is 53.2 Å². The summed E-state index contributed by atoms with van der Waals surface area (Å²) < 4.78 is 7.81. The van der Waals surface area contributed by atoms with Crippen LogP contribution in [0.5, 0.6) is 5.75 Å². The van der Waals surface area contributed by atoms with E-state index in [1.54, 1.807) is 0 Å². The van der Waals surface area contributed by atoms with Gasteiger partial charge in [-0.25, -0.2) is 0 Å². The lowest BCUT2D eigenvalue weighted by molar-refractivity contribution is 0.251. The number of fused-ring (bicyclic) bond motifs is 1. The Morgan fingerprint density at radius 2 is 2.19 bits per heavy atom. The van der Waals surface area contributed by atoms with Crippen LogP contribution in [0.25, 0.3) is 0 Å². The van der Waals surface area contributed by atoms with Crippen LogP contribution in [0.3, 0.4) is 0 Å². The first-order valence-corrected chi connectivity index (χ1v) is 7.82. The van der Waals surface area contributed by atoms with Crippen molar-refractivity contribution in [3.8, 4) is 5.75 Å². The van der Waals surface area contributed by atoms with Crippen molar-refractivity contribution in [2.75, 3.05) is 6.61 Å². The third-order valence-corrected chi connectivity index (χ3v) is 4.06. The van der Waals surface area contributed by atoms with E-state index in [0.717, 1.165) is 38.3 Å². The van der Waals surface area contributed by atoms with Crippen LogP contribution in [0.2, 0.25) is 0 Å². The van der Waals surface area contributed by atoms with Gasteiger partial charge in [0.25, 0.3) is 0 Å². The minimum atomic E-state index is 0.361. The van der Waals surface area contributed by atoms with E-state index in [4.69, 9.17) is 4.74 Å². The molecule has 112 valence electrons. The van der Waals surface area contributed by atoms with E-state index in [1.165, 1.54) is 17.0 Å². The summed E-state index contributed by atoms with van der Waals surface area (Å²) in [4.78, 5) is 0. The number of ether oxygens (including phenoxy) is 1. The predicted octanol–water partition coefficient (Wildman–Crippen LogP) is 3.08. The van der Waals surface area contributed by atoms with E-state index in [-0.39, 0.29) is 0 Å². The van der Waals surface area contributed by atoms with Gasteiger partial charge in [0.15, 0.2) is 0 Å². The second kappa shape index (κ2) is 6.31. The quantitative estimate of drug-likeness (QED) is 0.917. The molecule has 0 bridgehead atoms. The number of aromatic nitrogens is 2. The molecule has 2 heterocycles. The Morgan fingerprint density at radius 1 is 1.33 bits per heavy atom. The summed E-state index contributed by atoms with van der Waals surface area (Å²) in [6, 6.07) is 10.9. The van der Waals surface area contributed by atoms with Crippen LogP contribution >= 0.6 is 0 Å². The third kappa shape index (κ3) is 2.95. The molecule has 0 spiro atoms. The maximum Gasteiger partial charge on any atom is 0.124 e. The first-order valence-electron chi connectivity index (χ1n) is 7.82. The highest BCUT2D eigenvalue weighted by molar-refractivity contribution is 5.37. The van der Waals surface area contributed by atoms with Crippen molar-refractivity contribution in [3.05, 3.63) is 47.3 Å². The standard InChI is InChI=1S/C17H23N3O/c1-3-13-11-14(20(4-2)19-13)12-18-16-9-10-21-17-8-6-5-7-15(16)17/h5-8,11,16,18H,3-4,9-10,12H2,1-2H3. The zero-order valence-electron chi connectivity index (χ0n) is 12.8. The summed E-state index contributed by atoms with van der Waals surface area (Å²) >= 11 is 0. The summed E-state index contributed by atoms with van der Waals surface area (Å²) in [7, 11) is 0. The molecule has 4 nitrogen and oxygen atoms in total. The average molecular weight is 285 g/mol. The molecule has 0 saturated heterocycles. The maximum absolute atomic E-state index is 5.71. The molecule has 1 aromatic carbocycles. The van der Waals surface area contributed by atoms with Crippen LogP contribution in [-0.2, 0) is 19.5 Å². The molecule has 0 aliphatic carbocycles. The fraction of sp³-hybridized carbons (Fsp3) is 0.471. The Balaban J connectivity index is 1.72. The van der Waals surface area contributed by atoms with E-state index in [0.29, 0.717) is 6.04 Å². The van der Waals surface area contributed by atoms with Crippen molar-refractivity contribution in [2.24, 2.45) is 0 Å². The minimum absolute atomic E-state index is 0.361. The zero-order chi connectivity index (χ0) is 14.7. The highest BCUT2D eigenvalue weighted by Crippen LogP contribution is 2.31. The van der Waals surface area contributed by atoms with Crippen LogP contribution in [0.1, 0.15) is 43.3 Å². The number of nitrogens with one attached hydrogen (secondary N) is 1. The van der Waals surface area contributed by atoms with Crippen LogP contribution in [-0.4, -0.2) is 16.4 Å². The molecule has 2 aromatic rings. The lowest BCUT2D eigenvalue weighted by Gasteiger charge is -2.26. The molecule has 21 heavy (non-hydrogen) atoms. The summed E-state index contributed by atoms with van der Waals surface area (Å²) in [5.41, 5.74) is 3.70. The summed E-state index contributed by atoms with van der Waals surface area (Å²) in [5, 5.41) is 8.27. The molecular weight excluding hydrogens is 262 g/mol. The molecule has 1 unspecified atom stereocenters. The predicted molar refractivity (Wildman–Crippen MR) is 83.4 cm³/mol. The van der Waals surface area contributed by atoms with E-state index in [1.807, 2.05) is 6.07 Å². The van der Waals surface area contributed by atoms with Crippen LogP contribution in [0.4, 0.5) is 0 Å². The molecule has 1 atom stereocenters. The van der Waals surface area contributed by atoms with Crippen molar-refractivity contribution < 1.29 is 4.74 Å². The summed E-state index contributed by atoms with van der Waals surface area (Å²) in [6.07, 6.45) is 2.00. The van der Waals surface area contributed by atoms with Gasteiger partial charge in [-0.1, -0.05) is 25.1 Å². The van der Waals surface area contributed by atoms with Gasteiger partial charge in [-0.15, -0.1) is 0 Å². The first kappa shape index (κ1) is 14.1. The molecular formula is C17H23N3O. The maximum atomic E-state index is 5.71. The fourth-order valence-corrected chi connectivity index (χ4v) is 2.89. The topological polar surface area (TPSA) is 39.1 Å². The van der Waals surface area contributed by atoms with Gasteiger partial charge in [0.1, 0.15) is 5.75 Å². The largest absolute Gasteiger partial charge is 0.493 e. The van der Waals surface area contributed by atoms with E-state index >= 15 is 0 Å². The smallest absolute Gasteiger partial charge is 0.124 e. The molecule has 4 heteroatoms. The molecule has 1 aliphatic heterocycles. The Kier molecular flexibility index (Phi) is 4.25. The molecule has 1 N–H and O–H groups in total. The first-order chi connectivity index (χ1) is 10.3. The minimum Gasteiger partial charge on any atom is -0.493 e. The number of hydrogen-bond acceptors (Lipinski definition) is 3. The number of hydrogen-bond donors (Lipinski definition) is 1. The second-order valence-corrected chi connectivity index (χ2v) is 5.40. The zero-order valence-corrected chi connectivity index (χ0v) is 12.8. The third-order valence-electron chi connectivity index (χ3n) is 4.06. The van der Waals surface area contributed by atoms with Gasteiger partial charge in [0.2, 0.25) is 0 Å². The van der Waals surface area contributed by atoms with Crippen molar-refractivity contribution in [1.82, 2.24) is 15.1 Å². The Morgan fingerprint density at radius 3 is 3.00 bits per heavy atom. The van der Waals surface area contributed by atoms with Gasteiger partial charge in [0, 0.05) is 31.1 Å². The Labute approximate surface area is 126 Å². The number of rotatable bonds is 5. The Bertz CT molecular complexity index is 606. The molecule has 0 radical (unpaired) electrons. The summed E-state index contributed by atoms with van der Waals surface area (Å²) in [6.45, 7) is 6.83. The molecule has 0 amide bonds. The Hall–Kier alpha value is -1.81. The number of aryl methyl sites for hydroxylation is 2. The average Bonchev–Trinajstić information content (AvgIpc) is 2.95. The highest BCUT2D eigenvalue weighted by Gasteiger charge is 2.20. The van der Waals surface area contributed by atoms with Crippen LogP contribution in [0, 0.1) is 0 Å². The normalized spacial score (nSPS) is 17.3. The van der Waals surface area contributed by atoms with Crippen molar-refractivity contribution in [3.63, 3.8) is 0 Å². The second-order valence-electron chi connectivity index (χ2n) is 5.40. The molecule has 1 aromatic heterocycles. The van der Waals surface area contributed by atoms with Gasteiger partial charge < -0.3 is 10.1 Å². The van der Waals surface area contributed by atoms with Gasteiger partial charge in [-0.05, 0) is 25.5 Å². The van der Waals surface area contributed by atoms with E-state index < -0.39 is 0 Å². The van der Waals surface area contributed by atoms with Gasteiger partial charge >= 0.3 is 0 Å². The van der Waals surface area contributed by atoms with Gasteiger partial charge in [-0.3, -0.25) is 4.68 Å². The van der Waals surface area contributed by atoms with Crippen molar-refractivity contribution >= 4 is 0 Å². The lowest BCUT2D eigenvalue weighted by Crippen LogP contribution is -2.27. The molecule has 1 aliphatic rings. The highest BCUT2D eigenvalue weighted by atomic mass is 16.5. The number of benzene rings is 1.